The first-order valence-electron chi connectivity index (χ1n) is 6.61. The minimum absolute atomic E-state index is 0.0206. The predicted molar refractivity (Wildman–Crippen MR) is 63.5 cm³/mol. The van der Waals surface area contributed by atoms with Gasteiger partial charge in [0.15, 0.2) is 0 Å². The molecular formula is C14H18O4. The Balaban J connectivity index is 1.82. The van der Waals surface area contributed by atoms with Gasteiger partial charge in [-0.15, -0.1) is 0 Å². The highest BCUT2D eigenvalue weighted by molar-refractivity contribution is 5.87. The zero-order chi connectivity index (χ0) is 12.9. The Morgan fingerprint density at radius 1 is 1.33 bits per heavy atom. The van der Waals surface area contributed by atoms with Crippen molar-refractivity contribution in [3.05, 3.63) is 12.2 Å². The summed E-state index contributed by atoms with van der Waals surface area (Å²) < 4.78 is 11.0. The van der Waals surface area contributed by atoms with Crippen molar-refractivity contribution in [2.24, 2.45) is 17.8 Å². The van der Waals surface area contributed by atoms with Gasteiger partial charge in [-0.25, -0.2) is 4.79 Å². The molecule has 4 unspecified atom stereocenters. The Hall–Kier alpha value is -1.32. The van der Waals surface area contributed by atoms with E-state index in [4.69, 9.17) is 9.47 Å². The summed E-state index contributed by atoms with van der Waals surface area (Å²) in [6.45, 7) is 5.23. The standard InChI is InChI=1S/C14H18O4/c1-7(2)13(15)18-12-9-3-8-4-10(6-9)14(16)17-11(12)5-8/h8-12H,1,3-6H2,2H3/t8?,9-,10?,11?,12?/m1/s1. The van der Waals surface area contributed by atoms with E-state index in [-0.39, 0.29) is 36.0 Å². The number of rotatable bonds is 2. The summed E-state index contributed by atoms with van der Waals surface area (Å²) in [7, 11) is 0. The van der Waals surface area contributed by atoms with Crippen LogP contribution in [0.3, 0.4) is 0 Å². The van der Waals surface area contributed by atoms with Crippen molar-refractivity contribution in [1.82, 2.24) is 0 Å². The van der Waals surface area contributed by atoms with Crippen molar-refractivity contribution < 1.29 is 19.1 Å². The number of carbonyl (C=O) groups excluding carboxylic acids is 2. The van der Waals surface area contributed by atoms with Crippen molar-refractivity contribution in [3.63, 3.8) is 0 Å². The lowest BCUT2D eigenvalue weighted by Crippen LogP contribution is -2.45. The second kappa shape index (κ2) is 4.11. The third-order valence-corrected chi connectivity index (χ3v) is 4.43. The van der Waals surface area contributed by atoms with Gasteiger partial charge in [0.25, 0.3) is 0 Å². The molecule has 2 heterocycles. The van der Waals surface area contributed by atoms with E-state index in [1.54, 1.807) is 6.92 Å². The zero-order valence-electron chi connectivity index (χ0n) is 10.6. The Morgan fingerprint density at radius 3 is 2.83 bits per heavy atom. The van der Waals surface area contributed by atoms with Crippen LogP contribution in [0.25, 0.3) is 0 Å². The van der Waals surface area contributed by atoms with Gasteiger partial charge in [-0.05, 0) is 38.5 Å². The molecule has 2 saturated carbocycles. The number of fused-ring (bicyclic) bond motifs is 1. The molecule has 0 radical (unpaired) electrons. The number of hydrogen-bond donors (Lipinski definition) is 0. The highest BCUT2D eigenvalue weighted by Crippen LogP contribution is 2.48. The molecule has 4 heteroatoms. The molecule has 0 spiro atoms. The van der Waals surface area contributed by atoms with Gasteiger partial charge in [-0.3, -0.25) is 4.79 Å². The molecule has 4 bridgehead atoms. The van der Waals surface area contributed by atoms with Crippen LogP contribution in [0, 0.1) is 17.8 Å². The quantitative estimate of drug-likeness (QED) is 0.554. The number of hydrogen-bond acceptors (Lipinski definition) is 4. The van der Waals surface area contributed by atoms with Crippen LogP contribution in [0.1, 0.15) is 32.6 Å². The minimum Gasteiger partial charge on any atom is -0.458 e. The minimum atomic E-state index is -0.372. The molecule has 4 aliphatic rings. The molecular weight excluding hydrogens is 232 g/mol. The first kappa shape index (κ1) is 11.8. The summed E-state index contributed by atoms with van der Waals surface area (Å²) in [6.07, 6.45) is 3.15. The summed E-state index contributed by atoms with van der Waals surface area (Å²) in [6, 6.07) is 0. The third kappa shape index (κ3) is 1.84. The van der Waals surface area contributed by atoms with Crippen LogP contribution >= 0.6 is 0 Å². The smallest absolute Gasteiger partial charge is 0.333 e. The molecule has 2 saturated heterocycles. The van der Waals surface area contributed by atoms with Gasteiger partial charge >= 0.3 is 11.9 Å². The Labute approximate surface area is 106 Å². The second-order valence-electron chi connectivity index (χ2n) is 5.89. The van der Waals surface area contributed by atoms with Gasteiger partial charge in [0.1, 0.15) is 12.2 Å². The molecule has 0 aromatic rings. The fourth-order valence-corrected chi connectivity index (χ4v) is 3.66. The normalized spacial score (nSPS) is 41.2. The van der Waals surface area contributed by atoms with Crippen molar-refractivity contribution in [2.75, 3.05) is 0 Å². The molecule has 0 aromatic heterocycles. The molecule has 98 valence electrons. The first-order chi connectivity index (χ1) is 8.54. The topological polar surface area (TPSA) is 52.6 Å². The van der Waals surface area contributed by atoms with Gasteiger partial charge in [-0.1, -0.05) is 6.58 Å². The number of carbonyl (C=O) groups is 2. The van der Waals surface area contributed by atoms with Crippen LogP contribution in [0.4, 0.5) is 0 Å². The lowest BCUT2D eigenvalue weighted by Gasteiger charge is -2.41. The van der Waals surface area contributed by atoms with Crippen molar-refractivity contribution in [3.8, 4) is 0 Å². The molecule has 0 aromatic carbocycles. The van der Waals surface area contributed by atoms with Gasteiger partial charge < -0.3 is 9.47 Å². The van der Waals surface area contributed by atoms with E-state index in [0.29, 0.717) is 11.5 Å². The number of esters is 2. The summed E-state index contributed by atoms with van der Waals surface area (Å²) in [5.41, 5.74) is 0.397. The fraction of sp³-hybridized carbons (Fsp3) is 0.714. The monoisotopic (exact) mass is 250 g/mol. The largest absolute Gasteiger partial charge is 0.458 e. The Kier molecular flexibility index (Phi) is 2.68. The Bertz CT molecular complexity index is 414. The van der Waals surface area contributed by atoms with Crippen LogP contribution in [0.5, 0.6) is 0 Å². The molecule has 4 rings (SSSR count). The van der Waals surface area contributed by atoms with E-state index < -0.39 is 0 Å². The predicted octanol–water partition coefficient (Wildman–Crippen LogP) is 1.84. The highest BCUT2D eigenvalue weighted by Gasteiger charge is 2.51. The number of ether oxygens (including phenoxy) is 2. The summed E-state index contributed by atoms with van der Waals surface area (Å²) in [5.74, 6) is 0.393. The molecule has 0 amide bonds. The van der Waals surface area contributed by atoms with Gasteiger partial charge in [-0.2, -0.15) is 0 Å². The van der Waals surface area contributed by atoms with E-state index in [1.165, 1.54) is 0 Å². The van der Waals surface area contributed by atoms with E-state index in [2.05, 4.69) is 6.58 Å². The van der Waals surface area contributed by atoms with Gasteiger partial charge in [0.2, 0.25) is 0 Å². The van der Waals surface area contributed by atoms with Crippen LogP contribution < -0.4 is 0 Å². The average Bonchev–Trinajstić information content (AvgIpc) is 2.47. The molecule has 2 aliphatic carbocycles. The SMILES string of the molecule is C=C(C)C(=O)OC1C2CC3CC(C[C@H]1C3)C(=O)O2. The maximum Gasteiger partial charge on any atom is 0.333 e. The van der Waals surface area contributed by atoms with Crippen molar-refractivity contribution in [2.45, 2.75) is 44.8 Å². The van der Waals surface area contributed by atoms with E-state index in [1.807, 2.05) is 0 Å². The molecule has 4 fully saturated rings. The van der Waals surface area contributed by atoms with Gasteiger partial charge in [0, 0.05) is 11.5 Å². The lowest BCUT2D eigenvalue weighted by molar-refractivity contribution is -0.169. The lowest BCUT2D eigenvalue weighted by atomic mass is 9.67. The fourth-order valence-electron chi connectivity index (χ4n) is 3.66. The maximum absolute atomic E-state index is 11.8. The van der Waals surface area contributed by atoms with Crippen LogP contribution in [0.15, 0.2) is 12.2 Å². The van der Waals surface area contributed by atoms with Crippen molar-refractivity contribution in [1.29, 1.82) is 0 Å². The maximum atomic E-state index is 11.8. The highest BCUT2D eigenvalue weighted by atomic mass is 16.6. The van der Waals surface area contributed by atoms with Crippen LogP contribution in [-0.2, 0) is 19.1 Å². The van der Waals surface area contributed by atoms with E-state index in [9.17, 15) is 9.59 Å². The Morgan fingerprint density at radius 2 is 2.11 bits per heavy atom. The molecule has 0 N–H and O–H groups in total. The van der Waals surface area contributed by atoms with E-state index in [0.717, 1.165) is 25.7 Å². The zero-order valence-corrected chi connectivity index (χ0v) is 10.6. The summed E-state index contributed by atoms with van der Waals surface area (Å²) in [5, 5.41) is 0. The third-order valence-electron chi connectivity index (χ3n) is 4.43. The summed E-state index contributed by atoms with van der Waals surface area (Å²) in [4.78, 5) is 23.5. The van der Waals surface area contributed by atoms with Crippen molar-refractivity contribution >= 4 is 11.9 Å². The van der Waals surface area contributed by atoms with E-state index >= 15 is 0 Å². The average molecular weight is 250 g/mol. The second-order valence-corrected chi connectivity index (χ2v) is 5.89. The first-order valence-corrected chi connectivity index (χ1v) is 6.61. The molecule has 5 atom stereocenters. The molecule has 4 nitrogen and oxygen atoms in total. The van der Waals surface area contributed by atoms with Crippen LogP contribution in [0.2, 0.25) is 0 Å². The molecule has 18 heavy (non-hydrogen) atoms. The molecule has 2 aliphatic heterocycles. The van der Waals surface area contributed by atoms with Gasteiger partial charge in [0.05, 0.1) is 5.92 Å². The van der Waals surface area contributed by atoms with Crippen LogP contribution in [-0.4, -0.2) is 24.1 Å². The summed E-state index contributed by atoms with van der Waals surface area (Å²) >= 11 is 0.